The number of hydrogen-bond donors (Lipinski definition) is 1. The number of rotatable bonds is 6. The Morgan fingerprint density at radius 1 is 1.19 bits per heavy atom. The van der Waals surface area contributed by atoms with Crippen molar-refractivity contribution in [3.05, 3.63) is 53.1 Å². The first-order valence-corrected chi connectivity index (χ1v) is 8.10. The van der Waals surface area contributed by atoms with Gasteiger partial charge in [-0.15, -0.1) is 0 Å². The second-order valence-electron chi connectivity index (χ2n) is 5.44. The Morgan fingerprint density at radius 2 is 1.96 bits per heavy atom. The summed E-state index contributed by atoms with van der Waals surface area (Å²) in [4.78, 5) is 12.1. The van der Waals surface area contributed by atoms with Crippen LogP contribution in [0.5, 0.6) is 11.5 Å². The second-order valence-corrected chi connectivity index (χ2v) is 5.87. The van der Waals surface area contributed by atoms with Crippen molar-refractivity contribution < 1.29 is 18.9 Å². The summed E-state index contributed by atoms with van der Waals surface area (Å²) in [7, 11) is 1.60. The number of methoxy groups -OCH3 is 1. The van der Waals surface area contributed by atoms with Gasteiger partial charge in [-0.2, -0.15) is 0 Å². The highest BCUT2D eigenvalue weighted by Gasteiger charge is 2.16. The minimum Gasteiger partial charge on any atom is -0.496 e. The zero-order valence-corrected chi connectivity index (χ0v) is 14.9. The molecule has 3 rings (SSSR count). The van der Waals surface area contributed by atoms with Crippen LogP contribution in [0.3, 0.4) is 0 Å². The summed E-state index contributed by atoms with van der Waals surface area (Å²) in [5.41, 5.74) is 2.10. The van der Waals surface area contributed by atoms with Crippen molar-refractivity contribution in [2.24, 2.45) is 0 Å². The lowest BCUT2D eigenvalue weighted by Gasteiger charge is -2.08. The summed E-state index contributed by atoms with van der Waals surface area (Å²) in [5, 5.41) is 10.8. The molecule has 0 saturated heterocycles. The fraction of sp³-hybridized carbons (Fsp3) is 0.167. The van der Waals surface area contributed by atoms with Crippen LogP contribution in [0.2, 0.25) is 5.02 Å². The molecule has 2 aromatic carbocycles. The Hall–Kier alpha value is -3.06. The van der Waals surface area contributed by atoms with Crippen molar-refractivity contribution in [3.63, 3.8) is 0 Å². The fourth-order valence-electron chi connectivity index (χ4n) is 2.33. The van der Waals surface area contributed by atoms with Gasteiger partial charge in [0.25, 0.3) is 5.91 Å². The van der Waals surface area contributed by atoms with Crippen LogP contribution in [0, 0.1) is 6.92 Å². The molecule has 1 heterocycles. The first-order chi connectivity index (χ1) is 12.6. The van der Waals surface area contributed by atoms with Crippen molar-refractivity contribution in [1.82, 2.24) is 10.3 Å². The number of benzene rings is 2. The van der Waals surface area contributed by atoms with Crippen molar-refractivity contribution in [3.8, 4) is 22.8 Å². The first-order valence-electron chi connectivity index (χ1n) is 7.72. The van der Waals surface area contributed by atoms with Crippen LogP contribution in [0.4, 0.5) is 5.82 Å². The maximum Gasteiger partial charge on any atom is 0.263 e. The zero-order chi connectivity index (χ0) is 18.5. The average Bonchev–Trinajstić information content (AvgIpc) is 3.09. The lowest BCUT2D eigenvalue weighted by molar-refractivity contribution is -0.118. The summed E-state index contributed by atoms with van der Waals surface area (Å²) in [6, 6.07) is 12.2. The lowest BCUT2D eigenvalue weighted by atomic mass is 10.1. The SMILES string of the molecule is COc1ccc(-c2nonc2NC(=O)COc2ccc(Cl)cc2)cc1C. The molecule has 1 amide bonds. The summed E-state index contributed by atoms with van der Waals surface area (Å²) < 4.78 is 15.4. The highest BCUT2D eigenvalue weighted by atomic mass is 35.5. The molecule has 7 nitrogen and oxygen atoms in total. The Kier molecular flexibility index (Phi) is 5.38. The van der Waals surface area contributed by atoms with E-state index in [0.717, 1.165) is 16.9 Å². The van der Waals surface area contributed by atoms with Crippen molar-refractivity contribution >= 4 is 23.3 Å². The van der Waals surface area contributed by atoms with Gasteiger partial charge in [0.15, 0.2) is 12.3 Å². The number of anilines is 1. The Balaban J connectivity index is 1.67. The van der Waals surface area contributed by atoms with E-state index in [1.54, 1.807) is 31.4 Å². The molecule has 0 spiro atoms. The number of ether oxygens (including phenoxy) is 2. The van der Waals surface area contributed by atoms with Gasteiger partial charge in [0, 0.05) is 10.6 Å². The molecule has 3 aromatic rings. The molecule has 0 fully saturated rings. The Labute approximate surface area is 154 Å². The van der Waals surface area contributed by atoms with E-state index in [-0.39, 0.29) is 18.3 Å². The number of halogens is 1. The topological polar surface area (TPSA) is 86.5 Å². The number of amides is 1. The van der Waals surface area contributed by atoms with Crippen molar-refractivity contribution in [2.45, 2.75) is 6.92 Å². The highest BCUT2D eigenvalue weighted by molar-refractivity contribution is 6.30. The van der Waals surface area contributed by atoms with E-state index in [1.165, 1.54) is 0 Å². The summed E-state index contributed by atoms with van der Waals surface area (Å²) in [6.07, 6.45) is 0. The third-order valence-corrected chi connectivity index (χ3v) is 3.85. The normalized spacial score (nSPS) is 10.4. The molecular formula is C18H16ClN3O4. The molecule has 0 radical (unpaired) electrons. The Morgan fingerprint density at radius 3 is 2.65 bits per heavy atom. The summed E-state index contributed by atoms with van der Waals surface area (Å²) in [6.45, 7) is 1.73. The molecule has 0 aliphatic heterocycles. The number of aromatic nitrogens is 2. The molecule has 0 atom stereocenters. The van der Waals surface area contributed by atoms with Crippen LogP contribution in [0.1, 0.15) is 5.56 Å². The van der Waals surface area contributed by atoms with Gasteiger partial charge in [-0.05, 0) is 65.3 Å². The standard InChI is InChI=1S/C18H16ClN3O4/c1-11-9-12(3-8-15(11)24-2)17-18(22-26-21-17)20-16(23)10-25-14-6-4-13(19)5-7-14/h3-9H,10H2,1-2H3,(H,20,22,23). The van der Waals surface area contributed by atoms with Gasteiger partial charge in [0.2, 0.25) is 5.82 Å². The zero-order valence-electron chi connectivity index (χ0n) is 14.2. The number of hydrogen-bond acceptors (Lipinski definition) is 6. The Bertz CT molecular complexity index is 909. The maximum atomic E-state index is 12.1. The molecule has 134 valence electrons. The van der Waals surface area contributed by atoms with Gasteiger partial charge in [-0.1, -0.05) is 11.6 Å². The minimum atomic E-state index is -0.387. The largest absolute Gasteiger partial charge is 0.496 e. The maximum absolute atomic E-state index is 12.1. The van der Waals surface area contributed by atoms with Crippen LogP contribution in [0.15, 0.2) is 47.1 Å². The molecule has 26 heavy (non-hydrogen) atoms. The van der Waals surface area contributed by atoms with Gasteiger partial charge >= 0.3 is 0 Å². The van der Waals surface area contributed by atoms with E-state index in [2.05, 4.69) is 15.6 Å². The molecule has 0 unspecified atom stereocenters. The van der Waals surface area contributed by atoms with Gasteiger partial charge in [0.05, 0.1) is 7.11 Å². The van der Waals surface area contributed by atoms with E-state index in [4.69, 9.17) is 25.7 Å². The van der Waals surface area contributed by atoms with Gasteiger partial charge < -0.3 is 14.8 Å². The average molecular weight is 374 g/mol. The molecule has 1 N–H and O–H groups in total. The van der Waals surface area contributed by atoms with Crippen LogP contribution in [-0.2, 0) is 4.79 Å². The molecule has 0 saturated carbocycles. The van der Waals surface area contributed by atoms with Crippen LogP contribution in [-0.4, -0.2) is 29.9 Å². The van der Waals surface area contributed by atoms with Gasteiger partial charge in [-0.3, -0.25) is 4.79 Å². The van der Waals surface area contributed by atoms with Crippen LogP contribution in [0.25, 0.3) is 11.3 Å². The van der Waals surface area contributed by atoms with Crippen LogP contribution < -0.4 is 14.8 Å². The number of nitrogens with zero attached hydrogens (tertiary/aromatic N) is 2. The monoisotopic (exact) mass is 373 g/mol. The predicted molar refractivity (Wildman–Crippen MR) is 96.6 cm³/mol. The molecule has 1 aromatic heterocycles. The molecule has 0 bridgehead atoms. The third-order valence-electron chi connectivity index (χ3n) is 3.60. The van der Waals surface area contributed by atoms with Crippen molar-refractivity contribution in [1.29, 1.82) is 0 Å². The predicted octanol–water partition coefficient (Wildman–Crippen LogP) is 3.72. The molecule has 0 aliphatic rings. The van der Waals surface area contributed by atoms with E-state index < -0.39 is 0 Å². The first kappa shape index (κ1) is 17.8. The van der Waals surface area contributed by atoms with Gasteiger partial charge in [0.1, 0.15) is 11.5 Å². The number of carbonyl (C=O) groups excluding carboxylic acids is 1. The summed E-state index contributed by atoms with van der Waals surface area (Å²) >= 11 is 5.81. The number of nitrogens with one attached hydrogen (secondary N) is 1. The highest BCUT2D eigenvalue weighted by Crippen LogP contribution is 2.28. The van der Waals surface area contributed by atoms with E-state index >= 15 is 0 Å². The lowest BCUT2D eigenvalue weighted by Crippen LogP contribution is -2.20. The van der Waals surface area contributed by atoms with Crippen molar-refractivity contribution in [2.75, 3.05) is 19.0 Å². The van der Waals surface area contributed by atoms with E-state index in [1.807, 2.05) is 25.1 Å². The van der Waals surface area contributed by atoms with Crippen LogP contribution >= 0.6 is 11.6 Å². The third kappa shape index (κ3) is 4.12. The smallest absolute Gasteiger partial charge is 0.263 e. The molecule has 8 heteroatoms. The van der Waals surface area contributed by atoms with E-state index in [9.17, 15) is 4.79 Å². The number of carbonyl (C=O) groups is 1. The quantitative estimate of drug-likeness (QED) is 0.708. The molecule has 0 aliphatic carbocycles. The van der Waals surface area contributed by atoms with E-state index in [0.29, 0.717) is 16.5 Å². The van der Waals surface area contributed by atoms with Gasteiger partial charge in [-0.25, -0.2) is 4.63 Å². The second kappa shape index (κ2) is 7.88. The fourth-order valence-corrected chi connectivity index (χ4v) is 2.46. The minimum absolute atomic E-state index is 0.185. The summed E-state index contributed by atoms with van der Waals surface area (Å²) in [5.74, 6) is 1.13. The number of aryl methyl sites for hydroxylation is 1. The molecular weight excluding hydrogens is 358 g/mol.